The van der Waals surface area contributed by atoms with Crippen LogP contribution in [0.3, 0.4) is 0 Å². The molecule has 9 heteroatoms. The number of nitrogens with zero attached hydrogens (tertiary/aromatic N) is 2. The Morgan fingerprint density at radius 1 is 1.13 bits per heavy atom. The van der Waals surface area contributed by atoms with Gasteiger partial charge in [0.1, 0.15) is 0 Å². The Bertz CT molecular complexity index is 1140. The highest BCUT2D eigenvalue weighted by molar-refractivity contribution is 6.31. The predicted octanol–water partition coefficient (Wildman–Crippen LogP) is 3.34. The number of halogens is 1. The van der Waals surface area contributed by atoms with Crippen LogP contribution >= 0.6 is 11.6 Å². The molecule has 0 saturated carbocycles. The van der Waals surface area contributed by atoms with Gasteiger partial charge < -0.3 is 19.5 Å². The van der Waals surface area contributed by atoms with Crippen LogP contribution in [0.15, 0.2) is 42.5 Å². The van der Waals surface area contributed by atoms with Crippen LogP contribution in [-0.4, -0.2) is 35.1 Å². The van der Waals surface area contributed by atoms with Gasteiger partial charge in [0.15, 0.2) is 18.1 Å². The second-order valence-corrected chi connectivity index (χ2v) is 7.36. The van der Waals surface area contributed by atoms with Gasteiger partial charge in [-0.1, -0.05) is 17.7 Å². The number of nitrogens with one attached hydrogen (secondary N) is 1. The fourth-order valence-electron chi connectivity index (χ4n) is 3.13. The smallest absolute Gasteiger partial charge is 0.338 e. The quantitative estimate of drug-likeness (QED) is 0.590. The maximum absolute atomic E-state index is 12.2. The molecule has 0 unspecified atom stereocenters. The second kappa shape index (κ2) is 8.69. The van der Waals surface area contributed by atoms with E-state index in [0.29, 0.717) is 22.1 Å². The zero-order valence-corrected chi connectivity index (χ0v) is 17.7. The van der Waals surface area contributed by atoms with E-state index in [1.807, 2.05) is 19.9 Å². The van der Waals surface area contributed by atoms with Gasteiger partial charge in [-0.3, -0.25) is 4.79 Å². The Balaban J connectivity index is 1.29. The number of carbonyl (C=O) groups is 2. The molecular weight excluding hydrogens is 422 g/mol. The average molecular weight is 442 g/mol. The summed E-state index contributed by atoms with van der Waals surface area (Å²) >= 11 is 6.18. The molecule has 0 aliphatic carbocycles. The third-order valence-electron chi connectivity index (χ3n) is 4.81. The van der Waals surface area contributed by atoms with Crippen LogP contribution in [0, 0.1) is 13.8 Å². The van der Waals surface area contributed by atoms with Crippen LogP contribution < -0.4 is 14.8 Å². The molecule has 31 heavy (non-hydrogen) atoms. The van der Waals surface area contributed by atoms with Crippen LogP contribution in [0.1, 0.15) is 27.3 Å². The van der Waals surface area contributed by atoms with Gasteiger partial charge in [0.05, 0.1) is 27.7 Å². The molecular formula is C22H20ClN3O5. The number of aromatic nitrogens is 2. The number of hydrogen-bond acceptors (Lipinski definition) is 6. The maximum Gasteiger partial charge on any atom is 0.338 e. The van der Waals surface area contributed by atoms with Crippen molar-refractivity contribution in [2.75, 3.05) is 13.4 Å². The van der Waals surface area contributed by atoms with E-state index in [1.54, 1.807) is 41.1 Å². The van der Waals surface area contributed by atoms with Gasteiger partial charge in [0, 0.05) is 6.54 Å². The summed E-state index contributed by atoms with van der Waals surface area (Å²) < 4.78 is 17.4. The Labute approximate surface area is 183 Å². The van der Waals surface area contributed by atoms with E-state index in [2.05, 4.69) is 10.4 Å². The molecule has 0 radical (unpaired) electrons. The number of carbonyl (C=O) groups excluding carboxylic acids is 2. The lowest BCUT2D eigenvalue weighted by molar-refractivity contribution is -0.124. The van der Waals surface area contributed by atoms with E-state index in [4.69, 9.17) is 25.8 Å². The maximum atomic E-state index is 12.2. The van der Waals surface area contributed by atoms with E-state index in [-0.39, 0.29) is 19.9 Å². The molecule has 0 atom stereocenters. The van der Waals surface area contributed by atoms with E-state index < -0.39 is 11.9 Å². The van der Waals surface area contributed by atoms with Crippen molar-refractivity contribution >= 4 is 23.5 Å². The summed E-state index contributed by atoms with van der Waals surface area (Å²) in [6, 6.07) is 12.1. The molecule has 2 heterocycles. The highest BCUT2D eigenvalue weighted by Gasteiger charge is 2.15. The summed E-state index contributed by atoms with van der Waals surface area (Å²) in [7, 11) is 0. The van der Waals surface area contributed by atoms with E-state index in [1.165, 1.54) is 0 Å². The largest absolute Gasteiger partial charge is 0.454 e. The number of rotatable bonds is 6. The Kier molecular flexibility index (Phi) is 5.81. The monoisotopic (exact) mass is 441 g/mol. The highest BCUT2D eigenvalue weighted by Crippen LogP contribution is 2.32. The first-order valence-corrected chi connectivity index (χ1v) is 9.94. The zero-order chi connectivity index (χ0) is 22.0. The van der Waals surface area contributed by atoms with Gasteiger partial charge in [-0.2, -0.15) is 5.10 Å². The van der Waals surface area contributed by atoms with E-state index in [0.717, 1.165) is 22.6 Å². The number of amides is 1. The SMILES string of the molecule is Cc1nn(-c2ccc(C(=O)OCC(=O)NCc3ccc4c(c3)OCO4)cc2)c(C)c1Cl. The molecule has 3 aromatic rings. The summed E-state index contributed by atoms with van der Waals surface area (Å²) in [4.78, 5) is 24.3. The molecule has 1 N–H and O–H groups in total. The summed E-state index contributed by atoms with van der Waals surface area (Å²) in [5.41, 5.74) is 3.50. The van der Waals surface area contributed by atoms with E-state index in [9.17, 15) is 9.59 Å². The van der Waals surface area contributed by atoms with Crippen molar-refractivity contribution in [3.8, 4) is 17.2 Å². The summed E-state index contributed by atoms with van der Waals surface area (Å²) in [6.45, 7) is 3.80. The van der Waals surface area contributed by atoms with Gasteiger partial charge in [-0.25, -0.2) is 9.48 Å². The van der Waals surface area contributed by atoms with Crippen molar-refractivity contribution in [2.45, 2.75) is 20.4 Å². The van der Waals surface area contributed by atoms with Crippen molar-refractivity contribution in [1.82, 2.24) is 15.1 Å². The first kappa shape index (κ1) is 20.7. The number of ether oxygens (including phenoxy) is 3. The second-order valence-electron chi connectivity index (χ2n) is 6.98. The lowest BCUT2D eigenvalue weighted by Crippen LogP contribution is -2.28. The highest BCUT2D eigenvalue weighted by atomic mass is 35.5. The molecule has 1 aromatic heterocycles. The van der Waals surface area contributed by atoms with Crippen LogP contribution in [0.2, 0.25) is 5.02 Å². The molecule has 0 fully saturated rings. The molecule has 0 bridgehead atoms. The molecule has 1 amide bonds. The lowest BCUT2D eigenvalue weighted by Gasteiger charge is -2.08. The first-order valence-electron chi connectivity index (χ1n) is 9.57. The zero-order valence-electron chi connectivity index (χ0n) is 17.0. The Morgan fingerprint density at radius 2 is 1.87 bits per heavy atom. The summed E-state index contributed by atoms with van der Waals surface area (Å²) in [5.74, 6) is 0.330. The average Bonchev–Trinajstić information content (AvgIpc) is 3.35. The fourth-order valence-corrected chi connectivity index (χ4v) is 3.25. The van der Waals surface area contributed by atoms with Gasteiger partial charge in [0.2, 0.25) is 6.79 Å². The molecule has 8 nitrogen and oxygen atoms in total. The molecule has 1 aliphatic heterocycles. The van der Waals surface area contributed by atoms with Crippen LogP contribution in [-0.2, 0) is 16.1 Å². The van der Waals surface area contributed by atoms with Gasteiger partial charge in [0.25, 0.3) is 5.91 Å². The van der Waals surface area contributed by atoms with Crippen LogP contribution in [0.5, 0.6) is 11.5 Å². The van der Waals surface area contributed by atoms with Gasteiger partial charge >= 0.3 is 5.97 Å². The van der Waals surface area contributed by atoms with Gasteiger partial charge in [-0.05, 0) is 55.8 Å². The molecule has 0 saturated heterocycles. The minimum absolute atomic E-state index is 0.191. The first-order chi connectivity index (χ1) is 14.9. The summed E-state index contributed by atoms with van der Waals surface area (Å²) in [6.07, 6.45) is 0. The van der Waals surface area contributed by atoms with Crippen molar-refractivity contribution < 1.29 is 23.8 Å². The molecule has 2 aromatic carbocycles. The van der Waals surface area contributed by atoms with Crippen LogP contribution in [0.4, 0.5) is 0 Å². The number of aryl methyl sites for hydroxylation is 1. The Morgan fingerprint density at radius 3 is 2.58 bits per heavy atom. The standard InChI is InChI=1S/C22H20ClN3O5/c1-13-21(23)14(2)26(25-13)17-6-4-16(5-7-17)22(28)29-11-20(27)24-10-15-3-8-18-19(9-15)31-12-30-18/h3-9H,10-12H2,1-2H3,(H,24,27). The van der Waals surface area contributed by atoms with Gasteiger partial charge in [-0.15, -0.1) is 0 Å². The normalized spacial score (nSPS) is 12.0. The molecule has 1 aliphatic rings. The van der Waals surface area contributed by atoms with E-state index >= 15 is 0 Å². The van der Waals surface area contributed by atoms with Crippen LogP contribution in [0.25, 0.3) is 5.69 Å². The summed E-state index contributed by atoms with van der Waals surface area (Å²) in [5, 5.41) is 7.69. The predicted molar refractivity (Wildman–Crippen MR) is 113 cm³/mol. The molecule has 0 spiro atoms. The number of hydrogen-bond donors (Lipinski definition) is 1. The number of benzene rings is 2. The minimum Gasteiger partial charge on any atom is -0.454 e. The van der Waals surface area contributed by atoms with Crippen molar-refractivity contribution in [3.05, 3.63) is 70.0 Å². The topological polar surface area (TPSA) is 91.7 Å². The lowest BCUT2D eigenvalue weighted by atomic mass is 10.2. The minimum atomic E-state index is -0.587. The number of esters is 1. The third-order valence-corrected chi connectivity index (χ3v) is 5.36. The van der Waals surface area contributed by atoms with Crippen molar-refractivity contribution in [1.29, 1.82) is 0 Å². The molecule has 160 valence electrons. The number of fused-ring (bicyclic) bond motifs is 1. The van der Waals surface area contributed by atoms with Crippen molar-refractivity contribution in [3.63, 3.8) is 0 Å². The Hall–Kier alpha value is -3.52. The third kappa shape index (κ3) is 4.49. The molecule has 4 rings (SSSR count). The van der Waals surface area contributed by atoms with Crippen molar-refractivity contribution in [2.24, 2.45) is 0 Å². The fraction of sp³-hybridized carbons (Fsp3) is 0.227.